The predicted octanol–water partition coefficient (Wildman–Crippen LogP) is 1.91. The number of hydrogen-bond donors (Lipinski definition) is 1. The number of amides is 1. The standard InChI is InChI=1S/C15H17N3O4S/c1-9-7-18(8-10(9)15(20)21)13(19)5-4-12-16-14(17-22-12)11-3-2-6-23-11/h2-3,6,9-10H,4-5,7-8H2,1H3,(H,20,21)/t9-,10-/m1/s1. The van der Waals surface area contributed by atoms with E-state index in [1.807, 2.05) is 24.4 Å². The number of carboxylic acid groups (broad SMARTS) is 1. The van der Waals surface area contributed by atoms with Crippen LogP contribution >= 0.6 is 11.3 Å². The molecule has 0 aromatic carbocycles. The summed E-state index contributed by atoms with van der Waals surface area (Å²) in [5, 5.41) is 15.0. The molecule has 1 aliphatic heterocycles. The number of thiophene rings is 1. The van der Waals surface area contributed by atoms with Crippen LogP contribution in [0.4, 0.5) is 0 Å². The lowest BCUT2D eigenvalue weighted by molar-refractivity contribution is -0.142. The molecule has 3 heterocycles. The first-order valence-electron chi connectivity index (χ1n) is 7.41. The molecule has 2 aromatic rings. The van der Waals surface area contributed by atoms with E-state index in [1.54, 1.807) is 4.90 Å². The molecule has 0 aliphatic carbocycles. The molecule has 8 heteroatoms. The number of hydrogen-bond acceptors (Lipinski definition) is 6. The maximum atomic E-state index is 12.2. The van der Waals surface area contributed by atoms with E-state index in [9.17, 15) is 9.59 Å². The van der Waals surface area contributed by atoms with E-state index in [2.05, 4.69) is 10.1 Å². The number of aryl methyl sites for hydroxylation is 1. The molecule has 2 atom stereocenters. The fourth-order valence-corrected chi connectivity index (χ4v) is 3.38. The average Bonchev–Trinajstić information content (AvgIpc) is 3.24. The largest absolute Gasteiger partial charge is 0.481 e. The van der Waals surface area contributed by atoms with E-state index >= 15 is 0 Å². The van der Waals surface area contributed by atoms with Gasteiger partial charge in [-0.2, -0.15) is 4.98 Å². The number of rotatable bonds is 5. The molecular formula is C15H17N3O4S. The molecule has 0 radical (unpaired) electrons. The number of carboxylic acids is 1. The van der Waals surface area contributed by atoms with Crippen LogP contribution in [0.15, 0.2) is 22.0 Å². The summed E-state index contributed by atoms with van der Waals surface area (Å²) < 4.78 is 5.16. The van der Waals surface area contributed by atoms with E-state index in [0.717, 1.165) is 4.88 Å². The first kappa shape index (κ1) is 15.7. The van der Waals surface area contributed by atoms with Crippen LogP contribution in [0.1, 0.15) is 19.2 Å². The van der Waals surface area contributed by atoms with Crippen LogP contribution in [-0.2, 0) is 16.0 Å². The van der Waals surface area contributed by atoms with Gasteiger partial charge in [-0.25, -0.2) is 0 Å². The second-order valence-electron chi connectivity index (χ2n) is 5.71. The zero-order chi connectivity index (χ0) is 16.4. The number of carbonyl (C=O) groups is 2. The maximum absolute atomic E-state index is 12.2. The molecule has 23 heavy (non-hydrogen) atoms. The molecule has 1 aliphatic rings. The monoisotopic (exact) mass is 335 g/mol. The minimum atomic E-state index is -0.842. The Morgan fingerprint density at radius 1 is 1.48 bits per heavy atom. The molecule has 0 unspecified atom stereocenters. The minimum absolute atomic E-state index is 0.0229. The first-order valence-corrected chi connectivity index (χ1v) is 8.29. The summed E-state index contributed by atoms with van der Waals surface area (Å²) in [5.74, 6) is -0.466. The zero-order valence-corrected chi connectivity index (χ0v) is 13.5. The van der Waals surface area contributed by atoms with Gasteiger partial charge >= 0.3 is 5.97 Å². The van der Waals surface area contributed by atoms with Gasteiger partial charge in [0, 0.05) is 25.9 Å². The third-order valence-electron chi connectivity index (χ3n) is 4.04. The Morgan fingerprint density at radius 3 is 2.96 bits per heavy atom. The third-order valence-corrected chi connectivity index (χ3v) is 4.91. The topological polar surface area (TPSA) is 96.5 Å². The lowest BCUT2D eigenvalue weighted by Crippen LogP contribution is -2.30. The molecule has 1 amide bonds. The van der Waals surface area contributed by atoms with Crippen LogP contribution in [0.3, 0.4) is 0 Å². The smallest absolute Gasteiger partial charge is 0.308 e. The molecule has 1 fully saturated rings. The summed E-state index contributed by atoms with van der Waals surface area (Å²) in [5.41, 5.74) is 0. The second-order valence-corrected chi connectivity index (χ2v) is 6.66. The van der Waals surface area contributed by atoms with Gasteiger partial charge in [-0.3, -0.25) is 9.59 Å². The minimum Gasteiger partial charge on any atom is -0.481 e. The van der Waals surface area contributed by atoms with Gasteiger partial charge < -0.3 is 14.5 Å². The zero-order valence-electron chi connectivity index (χ0n) is 12.6. The summed E-state index contributed by atoms with van der Waals surface area (Å²) >= 11 is 1.52. The highest BCUT2D eigenvalue weighted by atomic mass is 32.1. The molecule has 0 bridgehead atoms. The Balaban J connectivity index is 1.55. The summed E-state index contributed by atoms with van der Waals surface area (Å²) in [7, 11) is 0. The highest BCUT2D eigenvalue weighted by molar-refractivity contribution is 7.13. The van der Waals surface area contributed by atoms with Crippen molar-refractivity contribution in [2.45, 2.75) is 19.8 Å². The van der Waals surface area contributed by atoms with Crippen LogP contribution in [0.25, 0.3) is 10.7 Å². The fourth-order valence-electron chi connectivity index (χ4n) is 2.73. The van der Waals surface area contributed by atoms with Crippen LogP contribution in [-0.4, -0.2) is 45.1 Å². The Labute approximate surface area is 136 Å². The van der Waals surface area contributed by atoms with Crippen molar-refractivity contribution in [2.75, 3.05) is 13.1 Å². The summed E-state index contributed by atoms with van der Waals surface area (Å²) in [6.45, 7) is 2.62. The third kappa shape index (κ3) is 3.42. The Morgan fingerprint density at radius 2 is 2.30 bits per heavy atom. The van der Waals surface area contributed by atoms with Crippen molar-refractivity contribution in [2.24, 2.45) is 11.8 Å². The van der Waals surface area contributed by atoms with Gasteiger partial charge in [0.05, 0.1) is 10.8 Å². The average molecular weight is 335 g/mol. The van der Waals surface area contributed by atoms with Gasteiger partial charge in [-0.1, -0.05) is 18.1 Å². The molecule has 1 N–H and O–H groups in total. The lowest BCUT2D eigenvalue weighted by Gasteiger charge is -2.15. The highest BCUT2D eigenvalue weighted by Crippen LogP contribution is 2.24. The van der Waals surface area contributed by atoms with Crippen LogP contribution in [0.2, 0.25) is 0 Å². The quantitative estimate of drug-likeness (QED) is 0.896. The van der Waals surface area contributed by atoms with E-state index in [4.69, 9.17) is 9.63 Å². The van der Waals surface area contributed by atoms with Gasteiger partial charge in [0.15, 0.2) is 0 Å². The fraction of sp³-hybridized carbons (Fsp3) is 0.467. The van der Waals surface area contributed by atoms with Crippen molar-refractivity contribution in [1.29, 1.82) is 0 Å². The number of aliphatic carboxylic acids is 1. The summed E-state index contributed by atoms with van der Waals surface area (Å²) in [6, 6.07) is 3.81. The van der Waals surface area contributed by atoms with Crippen molar-refractivity contribution < 1.29 is 19.2 Å². The lowest BCUT2D eigenvalue weighted by atomic mass is 9.99. The molecular weight excluding hydrogens is 318 g/mol. The molecule has 1 saturated heterocycles. The number of nitrogens with zero attached hydrogens (tertiary/aromatic N) is 3. The first-order chi connectivity index (χ1) is 11.0. The predicted molar refractivity (Wildman–Crippen MR) is 82.8 cm³/mol. The Hall–Kier alpha value is -2.22. The number of likely N-dealkylation sites (tertiary alicyclic amines) is 1. The summed E-state index contributed by atoms with van der Waals surface area (Å²) in [4.78, 5) is 30.1. The van der Waals surface area contributed by atoms with Crippen molar-refractivity contribution in [1.82, 2.24) is 15.0 Å². The summed E-state index contributed by atoms with van der Waals surface area (Å²) in [6.07, 6.45) is 0.602. The number of carbonyl (C=O) groups excluding carboxylic acids is 1. The molecule has 2 aromatic heterocycles. The molecule has 0 spiro atoms. The van der Waals surface area contributed by atoms with Gasteiger partial charge in [0.2, 0.25) is 17.6 Å². The van der Waals surface area contributed by atoms with E-state index in [0.29, 0.717) is 24.7 Å². The highest BCUT2D eigenvalue weighted by Gasteiger charge is 2.36. The second kappa shape index (κ2) is 6.49. The van der Waals surface area contributed by atoms with Gasteiger partial charge in [-0.15, -0.1) is 11.3 Å². The Kier molecular flexibility index (Phi) is 4.42. The van der Waals surface area contributed by atoms with E-state index < -0.39 is 11.9 Å². The van der Waals surface area contributed by atoms with Crippen LogP contribution in [0.5, 0.6) is 0 Å². The Bertz CT molecular complexity index is 697. The normalized spacial score (nSPS) is 20.8. The van der Waals surface area contributed by atoms with Crippen molar-refractivity contribution >= 4 is 23.2 Å². The van der Waals surface area contributed by atoms with Crippen LogP contribution < -0.4 is 0 Å². The molecule has 7 nitrogen and oxygen atoms in total. The van der Waals surface area contributed by atoms with Crippen molar-refractivity contribution in [3.63, 3.8) is 0 Å². The SMILES string of the molecule is C[C@@H]1CN(C(=O)CCc2nc(-c3cccs3)no2)C[C@H]1C(=O)O. The van der Waals surface area contributed by atoms with Crippen LogP contribution in [0, 0.1) is 11.8 Å². The van der Waals surface area contributed by atoms with E-state index in [1.165, 1.54) is 11.3 Å². The maximum Gasteiger partial charge on any atom is 0.308 e. The number of aromatic nitrogens is 2. The van der Waals surface area contributed by atoms with Crippen molar-refractivity contribution in [3.05, 3.63) is 23.4 Å². The van der Waals surface area contributed by atoms with Gasteiger partial charge in [0.25, 0.3) is 0 Å². The molecule has 3 rings (SSSR count). The van der Waals surface area contributed by atoms with Gasteiger partial charge in [0.1, 0.15) is 0 Å². The van der Waals surface area contributed by atoms with Gasteiger partial charge in [-0.05, 0) is 17.4 Å². The van der Waals surface area contributed by atoms with E-state index in [-0.39, 0.29) is 24.8 Å². The molecule has 0 saturated carbocycles. The van der Waals surface area contributed by atoms with Crippen molar-refractivity contribution in [3.8, 4) is 10.7 Å². The molecule has 122 valence electrons.